The Bertz CT molecular complexity index is 456. The molecule has 0 spiro atoms. The molecule has 1 aromatic rings. The fraction of sp³-hybridized carbons (Fsp3) is 0.533. The number of hydrogen-bond donors (Lipinski definition) is 3. The molecule has 1 aliphatic rings. The summed E-state index contributed by atoms with van der Waals surface area (Å²) in [6, 6.07) is 7.65. The van der Waals surface area contributed by atoms with Crippen molar-refractivity contribution in [3.63, 3.8) is 0 Å². The molecule has 0 aliphatic carbocycles. The van der Waals surface area contributed by atoms with E-state index in [4.69, 9.17) is 5.73 Å². The van der Waals surface area contributed by atoms with Crippen LogP contribution in [0.1, 0.15) is 31.4 Å². The van der Waals surface area contributed by atoms with Crippen molar-refractivity contribution in [2.24, 2.45) is 0 Å². The molecule has 1 heterocycles. The monoisotopic (exact) mass is 277 g/mol. The van der Waals surface area contributed by atoms with Crippen LogP contribution in [-0.4, -0.2) is 41.6 Å². The molecule has 0 aromatic heterocycles. The number of carbonyl (C=O) groups is 1. The first-order valence-electron chi connectivity index (χ1n) is 7.07. The lowest BCUT2D eigenvalue weighted by molar-refractivity contribution is -0.120. The van der Waals surface area contributed by atoms with Crippen molar-refractivity contribution in [2.45, 2.75) is 31.9 Å². The van der Waals surface area contributed by atoms with Gasteiger partial charge in [-0.15, -0.1) is 0 Å². The number of nitrogens with one attached hydrogen (secondary N) is 1. The van der Waals surface area contributed by atoms with Crippen LogP contribution < -0.4 is 11.1 Å². The fourth-order valence-electron chi connectivity index (χ4n) is 2.66. The normalized spacial score (nSPS) is 18.7. The Labute approximate surface area is 119 Å². The average molecular weight is 277 g/mol. The van der Waals surface area contributed by atoms with Crippen LogP contribution in [0.25, 0.3) is 0 Å². The van der Waals surface area contributed by atoms with Crippen molar-refractivity contribution in [2.75, 3.05) is 25.4 Å². The van der Waals surface area contributed by atoms with Crippen molar-refractivity contribution in [1.29, 1.82) is 0 Å². The van der Waals surface area contributed by atoms with Crippen LogP contribution in [0.3, 0.4) is 0 Å². The molecule has 1 aromatic carbocycles. The van der Waals surface area contributed by atoms with E-state index in [2.05, 4.69) is 10.2 Å². The van der Waals surface area contributed by atoms with Gasteiger partial charge in [0.25, 0.3) is 0 Å². The highest BCUT2D eigenvalue weighted by Crippen LogP contribution is 2.19. The van der Waals surface area contributed by atoms with Gasteiger partial charge in [0.05, 0.1) is 6.10 Å². The predicted molar refractivity (Wildman–Crippen MR) is 79.1 cm³/mol. The lowest BCUT2D eigenvalue weighted by atomic mass is 10.0. The zero-order valence-electron chi connectivity index (χ0n) is 11.9. The first-order valence-corrected chi connectivity index (χ1v) is 7.07. The van der Waals surface area contributed by atoms with Gasteiger partial charge in [-0.05, 0) is 30.5 Å². The second-order valence-corrected chi connectivity index (χ2v) is 5.46. The van der Waals surface area contributed by atoms with Crippen molar-refractivity contribution in [3.8, 4) is 0 Å². The second-order valence-electron chi connectivity index (χ2n) is 5.46. The SMILES string of the molecule is CC(=O)NC1CCN(CC(O)c2cccc(N)c2)CC1. The van der Waals surface area contributed by atoms with Crippen LogP contribution in [0.15, 0.2) is 24.3 Å². The van der Waals surface area contributed by atoms with Crippen LogP contribution in [-0.2, 0) is 4.79 Å². The number of nitrogen functional groups attached to an aromatic ring is 1. The topological polar surface area (TPSA) is 78.6 Å². The zero-order valence-corrected chi connectivity index (χ0v) is 11.9. The zero-order chi connectivity index (χ0) is 14.5. The Morgan fingerprint density at radius 3 is 2.80 bits per heavy atom. The van der Waals surface area contributed by atoms with E-state index >= 15 is 0 Å². The minimum absolute atomic E-state index is 0.0308. The van der Waals surface area contributed by atoms with Gasteiger partial charge >= 0.3 is 0 Å². The summed E-state index contributed by atoms with van der Waals surface area (Å²) in [4.78, 5) is 13.2. The number of nitrogens with zero attached hydrogens (tertiary/aromatic N) is 1. The van der Waals surface area contributed by atoms with Crippen molar-refractivity contribution in [1.82, 2.24) is 10.2 Å². The van der Waals surface area contributed by atoms with E-state index in [1.54, 1.807) is 6.92 Å². The van der Waals surface area contributed by atoms with Gasteiger partial charge in [0, 0.05) is 38.3 Å². The maximum Gasteiger partial charge on any atom is 0.217 e. The Kier molecular flexibility index (Phi) is 4.98. The molecule has 4 N–H and O–H groups in total. The predicted octanol–water partition coefficient (Wildman–Crippen LogP) is 0.903. The molecule has 0 radical (unpaired) electrons. The molecule has 0 saturated carbocycles. The number of nitrogens with two attached hydrogens (primary N) is 1. The molecule has 1 saturated heterocycles. The molecule has 5 heteroatoms. The average Bonchev–Trinajstić information content (AvgIpc) is 2.40. The number of carbonyl (C=O) groups excluding carboxylic acids is 1. The maximum absolute atomic E-state index is 11.0. The van der Waals surface area contributed by atoms with Crippen LogP contribution in [0.4, 0.5) is 5.69 Å². The van der Waals surface area contributed by atoms with Gasteiger partial charge in [-0.2, -0.15) is 0 Å². The summed E-state index contributed by atoms with van der Waals surface area (Å²) in [5.74, 6) is 0.0308. The van der Waals surface area contributed by atoms with Crippen molar-refractivity contribution < 1.29 is 9.90 Å². The van der Waals surface area contributed by atoms with Gasteiger partial charge in [-0.1, -0.05) is 12.1 Å². The molecule has 1 amide bonds. The van der Waals surface area contributed by atoms with Crippen LogP contribution >= 0.6 is 0 Å². The Hall–Kier alpha value is -1.59. The van der Waals surface area contributed by atoms with E-state index in [1.165, 1.54) is 0 Å². The highest BCUT2D eigenvalue weighted by atomic mass is 16.3. The standard InChI is InChI=1S/C15H23N3O2/c1-11(19)17-14-5-7-18(8-6-14)10-15(20)12-3-2-4-13(16)9-12/h2-4,9,14-15,20H,5-8,10,16H2,1H3,(H,17,19). The molecule has 5 nitrogen and oxygen atoms in total. The molecule has 2 rings (SSSR count). The molecule has 1 unspecified atom stereocenters. The molecule has 1 atom stereocenters. The second kappa shape index (κ2) is 6.72. The van der Waals surface area contributed by atoms with Gasteiger partial charge in [-0.25, -0.2) is 0 Å². The van der Waals surface area contributed by atoms with Crippen molar-refractivity contribution in [3.05, 3.63) is 29.8 Å². The largest absolute Gasteiger partial charge is 0.399 e. The van der Waals surface area contributed by atoms with E-state index in [0.29, 0.717) is 12.2 Å². The summed E-state index contributed by atoms with van der Waals surface area (Å²) < 4.78 is 0. The van der Waals surface area contributed by atoms with E-state index in [0.717, 1.165) is 31.5 Å². The third kappa shape index (κ3) is 4.21. The number of benzene rings is 1. The van der Waals surface area contributed by atoms with E-state index in [-0.39, 0.29) is 11.9 Å². The molecular weight excluding hydrogens is 254 g/mol. The number of aliphatic hydroxyl groups is 1. The summed E-state index contributed by atoms with van der Waals surface area (Å²) in [5, 5.41) is 13.2. The number of amides is 1. The van der Waals surface area contributed by atoms with Gasteiger partial charge < -0.3 is 21.1 Å². The van der Waals surface area contributed by atoms with Crippen LogP contribution in [0, 0.1) is 0 Å². The van der Waals surface area contributed by atoms with Gasteiger partial charge in [0.1, 0.15) is 0 Å². The minimum Gasteiger partial charge on any atom is -0.399 e. The third-order valence-corrected chi connectivity index (χ3v) is 3.72. The van der Waals surface area contributed by atoms with Crippen molar-refractivity contribution >= 4 is 11.6 Å². The minimum atomic E-state index is -0.518. The Balaban J connectivity index is 1.82. The molecule has 1 aliphatic heterocycles. The quantitative estimate of drug-likeness (QED) is 0.715. The summed E-state index contributed by atoms with van der Waals surface area (Å²) >= 11 is 0. The van der Waals surface area contributed by atoms with E-state index in [1.807, 2.05) is 24.3 Å². The number of rotatable bonds is 4. The summed E-state index contributed by atoms with van der Waals surface area (Å²) in [6.45, 7) is 3.95. The highest BCUT2D eigenvalue weighted by molar-refractivity contribution is 5.73. The number of anilines is 1. The lowest BCUT2D eigenvalue weighted by Gasteiger charge is -2.33. The fourth-order valence-corrected chi connectivity index (χ4v) is 2.66. The number of piperidine rings is 1. The molecular formula is C15H23N3O2. The number of aliphatic hydroxyl groups excluding tert-OH is 1. The van der Waals surface area contributed by atoms with Crippen LogP contribution in [0.5, 0.6) is 0 Å². The Morgan fingerprint density at radius 2 is 2.20 bits per heavy atom. The van der Waals surface area contributed by atoms with Gasteiger partial charge in [0.2, 0.25) is 5.91 Å². The van der Waals surface area contributed by atoms with Crippen LogP contribution in [0.2, 0.25) is 0 Å². The summed E-state index contributed by atoms with van der Waals surface area (Å²) in [6.07, 6.45) is 1.35. The van der Waals surface area contributed by atoms with Gasteiger partial charge in [0.15, 0.2) is 0 Å². The third-order valence-electron chi connectivity index (χ3n) is 3.72. The summed E-state index contributed by atoms with van der Waals surface area (Å²) in [7, 11) is 0. The summed E-state index contributed by atoms with van der Waals surface area (Å²) in [5.41, 5.74) is 7.26. The number of β-amino-alcohol motifs (C(OH)–C–C–N with tert-alkyl or cyclic N) is 1. The highest BCUT2D eigenvalue weighted by Gasteiger charge is 2.21. The maximum atomic E-state index is 11.0. The number of hydrogen-bond acceptors (Lipinski definition) is 4. The molecule has 20 heavy (non-hydrogen) atoms. The molecule has 110 valence electrons. The molecule has 1 fully saturated rings. The van der Waals surface area contributed by atoms with E-state index in [9.17, 15) is 9.90 Å². The van der Waals surface area contributed by atoms with E-state index < -0.39 is 6.10 Å². The first kappa shape index (κ1) is 14.8. The molecule has 0 bridgehead atoms. The Morgan fingerprint density at radius 1 is 1.50 bits per heavy atom. The smallest absolute Gasteiger partial charge is 0.217 e. The first-order chi connectivity index (χ1) is 9.54. The van der Waals surface area contributed by atoms with Gasteiger partial charge in [-0.3, -0.25) is 4.79 Å². The number of likely N-dealkylation sites (tertiary alicyclic amines) is 1. The lowest BCUT2D eigenvalue weighted by Crippen LogP contribution is -2.45.